The number of carbonyl (C=O) groups excluding carboxylic acids is 2. The molecule has 1 saturated heterocycles. The maximum absolute atomic E-state index is 12.6. The van der Waals surface area contributed by atoms with Gasteiger partial charge in [0.05, 0.1) is 30.5 Å². The molecule has 0 aliphatic carbocycles. The molecule has 0 bridgehead atoms. The van der Waals surface area contributed by atoms with E-state index in [4.69, 9.17) is 25.9 Å². The number of likely N-dealkylation sites (N-methyl/N-ethyl adjacent to an activating group) is 1. The normalized spacial score (nSPS) is 21.0. The van der Waals surface area contributed by atoms with Gasteiger partial charge in [-0.3, -0.25) is 9.59 Å². The van der Waals surface area contributed by atoms with Crippen LogP contribution in [0.25, 0.3) is 0 Å². The molecule has 2 amide bonds. The number of carbonyl (C=O) groups is 2. The second kappa shape index (κ2) is 9.25. The lowest BCUT2D eigenvalue weighted by Crippen LogP contribution is -2.44. The number of nitrogens with one attached hydrogen (secondary N) is 1. The van der Waals surface area contributed by atoms with Crippen molar-refractivity contribution in [2.45, 2.75) is 31.5 Å². The van der Waals surface area contributed by atoms with E-state index in [1.807, 2.05) is 0 Å². The summed E-state index contributed by atoms with van der Waals surface area (Å²) >= 11 is 6.23. The van der Waals surface area contributed by atoms with Crippen molar-refractivity contribution < 1.29 is 23.9 Å². The zero-order chi connectivity index (χ0) is 20.1. The van der Waals surface area contributed by atoms with Gasteiger partial charge in [0.2, 0.25) is 12.0 Å². The van der Waals surface area contributed by atoms with Crippen LogP contribution in [0.1, 0.15) is 24.8 Å². The second-order valence-corrected chi connectivity index (χ2v) is 7.22. The lowest BCUT2D eigenvalue weighted by atomic mass is 10.0. The maximum Gasteiger partial charge on any atom is 0.267 e. The largest absolute Gasteiger partial charge is 0.497 e. The van der Waals surface area contributed by atoms with Crippen LogP contribution in [0.3, 0.4) is 0 Å². The van der Waals surface area contributed by atoms with E-state index < -0.39 is 6.10 Å². The SMILES string of the molecule is COc1ccc(Cl)c(C2=NOC(C(=O)N(C)CC(=O)NCC3CCCO3)C2)c1. The van der Waals surface area contributed by atoms with E-state index in [0.717, 1.165) is 19.4 Å². The summed E-state index contributed by atoms with van der Waals surface area (Å²) in [6.45, 7) is 1.14. The van der Waals surface area contributed by atoms with E-state index in [1.165, 1.54) is 4.90 Å². The fourth-order valence-corrected chi connectivity index (χ4v) is 3.38. The molecule has 3 rings (SSSR count). The summed E-state index contributed by atoms with van der Waals surface area (Å²) in [6.07, 6.45) is 1.50. The van der Waals surface area contributed by atoms with Gasteiger partial charge >= 0.3 is 0 Å². The number of halogens is 1. The van der Waals surface area contributed by atoms with Crippen LogP contribution in [0.5, 0.6) is 5.75 Å². The van der Waals surface area contributed by atoms with E-state index in [9.17, 15) is 9.59 Å². The van der Waals surface area contributed by atoms with Gasteiger partial charge in [0.15, 0.2) is 0 Å². The van der Waals surface area contributed by atoms with Gasteiger partial charge in [0.25, 0.3) is 5.91 Å². The Bertz CT molecular complexity index is 764. The van der Waals surface area contributed by atoms with Crippen LogP contribution < -0.4 is 10.1 Å². The highest BCUT2D eigenvalue weighted by molar-refractivity contribution is 6.34. The predicted molar refractivity (Wildman–Crippen MR) is 104 cm³/mol. The molecule has 9 heteroatoms. The molecule has 2 aliphatic rings. The van der Waals surface area contributed by atoms with Crippen LogP contribution in [-0.4, -0.2) is 68.5 Å². The topological polar surface area (TPSA) is 89.5 Å². The van der Waals surface area contributed by atoms with Crippen molar-refractivity contribution in [2.75, 3.05) is 33.9 Å². The first-order chi connectivity index (χ1) is 13.5. The predicted octanol–water partition coefficient (Wildman–Crippen LogP) is 1.60. The molecule has 0 radical (unpaired) electrons. The Hall–Kier alpha value is -2.32. The first-order valence-corrected chi connectivity index (χ1v) is 9.55. The number of ether oxygens (including phenoxy) is 2. The number of methoxy groups -OCH3 is 1. The average molecular weight is 410 g/mol. The summed E-state index contributed by atoms with van der Waals surface area (Å²) in [5.74, 6) is 0.0864. The highest BCUT2D eigenvalue weighted by atomic mass is 35.5. The number of hydrogen-bond acceptors (Lipinski definition) is 6. The van der Waals surface area contributed by atoms with Crippen LogP contribution in [0.15, 0.2) is 23.4 Å². The molecule has 152 valence electrons. The summed E-state index contributed by atoms with van der Waals surface area (Å²) in [4.78, 5) is 31.3. The molecule has 0 saturated carbocycles. The third-order valence-electron chi connectivity index (χ3n) is 4.74. The quantitative estimate of drug-likeness (QED) is 0.738. The molecule has 0 spiro atoms. The van der Waals surface area contributed by atoms with Crippen LogP contribution in [-0.2, 0) is 19.2 Å². The minimum Gasteiger partial charge on any atom is -0.497 e. The van der Waals surface area contributed by atoms with Crippen molar-refractivity contribution in [1.82, 2.24) is 10.2 Å². The van der Waals surface area contributed by atoms with Gasteiger partial charge in [-0.1, -0.05) is 16.8 Å². The molecule has 1 aromatic carbocycles. The molecule has 0 aromatic heterocycles. The fraction of sp³-hybridized carbons (Fsp3) is 0.526. The molecule has 8 nitrogen and oxygen atoms in total. The smallest absolute Gasteiger partial charge is 0.267 e. The number of nitrogens with zero attached hydrogens (tertiary/aromatic N) is 2. The fourth-order valence-electron chi connectivity index (χ4n) is 3.15. The Morgan fingerprint density at radius 3 is 2.96 bits per heavy atom. The molecule has 1 aromatic rings. The van der Waals surface area contributed by atoms with E-state index in [-0.39, 0.29) is 30.9 Å². The van der Waals surface area contributed by atoms with Crippen LogP contribution in [0.2, 0.25) is 5.02 Å². The van der Waals surface area contributed by atoms with Crippen molar-refractivity contribution in [1.29, 1.82) is 0 Å². The monoisotopic (exact) mass is 409 g/mol. The molecule has 28 heavy (non-hydrogen) atoms. The summed E-state index contributed by atoms with van der Waals surface area (Å²) in [5.41, 5.74) is 1.23. The first-order valence-electron chi connectivity index (χ1n) is 9.18. The van der Waals surface area contributed by atoms with Crippen molar-refractivity contribution in [3.8, 4) is 5.75 Å². The molecule has 2 heterocycles. The Labute approximate surface area is 168 Å². The lowest BCUT2D eigenvalue weighted by molar-refractivity contribution is -0.143. The molecular formula is C19H24ClN3O5. The van der Waals surface area contributed by atoms with Crippen LogP contribution >= 0.6 is 11.6 Å². The summed E-state index contributed by atoms with van der Waals surface area (Å²) in [5, 5.41) is 7.30. The number of oxime groups is 1. The number of benzene rings is 1. The van der Waals surface area contributed by atoms with Crippen LogP contribution in [0, 0.1) is 0 Å². The highest BCUT2D eigenvalue weighted by Gasteiger charge is 2.32. The molecule has 2 unspecified atom stereocenters. The van der Waals surface area contributed by atoms with Gasteiger partial charge in [-0.25, -0.2) is 0 Å². The van der Waals surface area contributed by atoms with Gasteiger partial charge in [0, 0.05) is 32.2 Å². The zero-order valence-corrected chi connectivity index (χ0v) is 16.7. The number of hydrogen-bond donors (Lipinski definition) is 1. The highest BCUT2D eigenvalue weighted by Crippen LogP contribution is 2.27. The first kappa shape index (κ1) is 20.4. The maximum atomic E-state index is 12.6. The van der Waals surface area contributed by atoms with E-state index in [0.29, 0.717) is 28.6 Å². The summed E-state index contributed by atoms with van der Waals surface area (Å²) < 4.78 is 10.7. The third kappa shape index (κ3) is 4.94. The third-order valence-corrected chi connectivity index (χ3v) is 5.07. The molecule has 2 aliphatic heterocycles. The Balaban J connectivity index is 1.50. The summed E-state index contributed by atoms with van der Waals surface area (Å²) in [7, 11) is 3.12. The Kier molecular flexibility index (Phi) is 6.74. The van der Waals surface area contributed by atoms with E-state index in [2.05, 4.69) is 10.5 Å². The molecule has 2 atom stereocenters. The lowest BCUT2D eigenvalue weighted by Gasteiger charge is -2.20. The van der Waals surface area contributed by atoms with Crippen molar-refractivity contribution in [3.05, 3.63) is 28.8 Å². The van der Waals surface area contributed by atoms with Crippen LogP contribution in [0.4, 0.5) is 0 Å². The van der Waals surface area contributed by atoms with E-state index in [1.54, 1.807) is 32.4 Å². The molecule has 1 fully saturated rings. The van der Waals surface area contributed by atoms with Gasteiger partial charge in [-0.05, 0) is 31.0 Å². The summed E-state index contributed by atoms with van der Waals surface area (Å²) in [6, 6.07) is 5.20. The minimum absolute atomic E-state index is 0.0549. The van der Waals surface area contributed by atoms with Gasteiger partial charge in [-0.15, -0.1) is 0 Å². The standard InChI is InChI=1S/C19H24ClN3O5/c1-23(11-18(24)21-10-13-4-3-7-27-13)19(25)17-9-16(22-28-17)14-8-12(26-2)5-6-15(14)20/h5-6,8,13,17H,3-4,7,9-11H2,1-2H3,(H,21,24). The zero-order valence-electron chi connectivity index (χ0n) is 15.9. The minimum atomic E-state index is -0.784. The van der Waals surface area contributed by atoms with Crippen molar-refractivity contribution >= 4 is 29.1 Å². The van der Waals surface area contributed by atoms with Crippen molar-refractivity contribution in [2.24, 2.45) is 5.16 Å². The van der Waals surface area contributed by atoms with E-state index >= 15 is 0 Å². The van der Waals surface area contributed by atoms with Gasteiger partial charge in [0.1, 0.15) is 5.75 Å². The van der Waals surface area contributed by atoms with Gasteiger partial charge in [-0.2, -0.15) is 0 Å². The molecule has 1 N–H and O–H groups in total. The Morgan fingerprint density at radius 1 is 1.43 bits per heavy atom. The second-order valence-electron chi connectivity index (χ2n) is 6.82. The van der Waals surface area contributed by atoms with Gasteiger partial charge < -0.3 is 24.5 Å². The Morgan fingerprint density at radius 2 is 2.25 bits per heavy atom. The molecular weight excluding hydrogens is 386 g/mol. The number of rotatable bonds is 7. The number of amides is 2. The average Bonchev–Trinajstić information content (AvgIpc) is 3.38. The van der Waals surface area contributed by atoms with Crippen molar-refractivity contribution in [3.63, 3.8) is 0 Å².